The van der Waals surface area contributed by atoms with Crippen molar-refractivity contribution in [1.29, 1.82) is 0 Å². The summed E-state index contributed by atoms with van der Waals surface area (Å²) < 4.78 is -1.06. The normalized spacial score (nSPS) is 52.3. The van der Waals surface area contributed by atoms with E-state index in [-0.39, 0.29) is 17.6 Å². The smallest absolute Gasteiger partial charge is 0.180 e. The zero-order valence-corrected chi connectivity index (χ0v) is 7.85. The Morgan fingerprint density at radius 2 is 2.00 bits per heavy atom. The molecule has 0 amide bonds. The van der Waals surface area contributed by atoms with Crippen LogP contribution >= 0.6 is 23.2 Å². The van der Waals surface area contributed by atoms with Gasteiger partial charge in [0.15, 0.2) is 10.1 Å². The Morgan fingerprint density at radius 3 is 2.67 bits per heavy atom. The predicted molar refractivity (Wildman–Crippen MR) is 47.2 cm³/mol. The van der Waals surface area contributed by atoms with Crippen LogP contribution in [0, 0.1) is 23.7 Å². The molecule has 0 radical (unpaired) electrons. The maximum absolute atomic E-state index is 11.5. The van der Waals surface area contributed by atoms with Crippen LogP contribution in [-0.4, -0.2) is 10.1 Å². The molecule has 0 aromatic carbocycles. The second-order valence-electron chi connectivity index (χ2n) is 3.99. The van der Waals surface area contributed by atoms with Gasteiger partial charge in [0.25, 0.3) is 0 Å². The minimum atomic E-state index is -1.06. The molecule has 3 rings (SSSR count). The number of alkyl halides is 2. The van der Waals surface area contributed by atoms with Crippen LogP contribution in [-0.2, 0) is 4.79 Å². The Morgan fingerprint density at radius 1 is 1.33 bits per heavy atom. The minimum Gasteiger partial charge on any atom is -0.296 e. The van der Waals surface area contributed by atoms with Gasteiger partial charge in [0, 0.05) is 11.8 Å². The second-order valence-corrected chi connectivity index (χ2v) is 5.37. The van der Waals surface area contributed by atoms with Gasteiger partial charge in [-0.1, -0.05) is 35.4 Å². The third-order valence-corrected chi connectivity index (χ3v) is 4.39. The molecular formula is C9H8Cl2O. The lowest BCUT2D eigenvalue weighted by molar-refractivity contribution is -0.136. The molecule has 0 N–H and O–H groups in total. The molecule has 1 nitrogen and oxygen atoms in total. The van der Waals surface area contributed by atoms with Gasteiger partial charge in [-0.15, -0.1) is 0 Å². The van der Waals surface area contributed by atoms with Gasteiger partial charge in [0.1, 0.15) is 0 Å². The van der Waals surface area contributed by atoms with E-state index in [1.807, 2.05) is 0 Å². The molecule has 0 aliphatic heterocycles. The molecule has 2 bridgehead atoms. The van der Waals surface area contributed by atoms with Crippen molar-refractivity contribution in [3.8, 4) is 0 Å². The summed E-state index contributed by atoms with van der Waals surface area (Å²) >= 11 is 11.9. The Hall–Kier alpha value is -0.0100. The zero-order chi connectivity index (χ0) is 8.51. The van der Waals surface area contributed by atoms with Crippen LogP contribution in [0.3, 0.4) is 0 Å². The first-order chi connectivity index (χ1) is 5.62. The number of Topliss-reactive ketones (excluding diaryl/α,β-unsaturated/α-hetero) is 1. The summed E-state index contributed by atoms with van der Waals surface area (Å²) in [6.07, 6.45) is 5.40. The summed E-state index contributed by atoms with van der Waals surface area (Å²) in [4.78, 5) is 11.5. The molecule has 0 aromatic heterocycles. The van der Waals surface area contributed by atoms with Gasteiger partial charge in [-0.05, 0) is 18.3 Å². The minimum absolute atomic E-state index is 0.0488. The number of rotatable bonds is 0. The third-order valence-electron chi connectivity index (χ3n) is 3.51. The fraction of sp³-hybridized carbons (Fsp3) is 0.667. The largest absolute Gasteiger partial charge is 0.296 e. The Kier molecular flexibility index (Phi) is 1.18. The molecule has 0 heterocycles. The Bertz CT molecular complexity index is 295. The quantitative estimate of drug-likeness (QED) is 0.435. The van der Waals surface area contributed by atoms with E-state index in [4.69, 9.17) is 23.2 Å². The van der Waals surface area contributed by atoms with Crippen molar-refractivity contribution in [3.63, 3.8) is 0 Å². The summed E-state index contributed by atoms with van der Waals surface area (Å²) in [7, 11) is 0. The molecular weight excluding hydrogens is 195 g/mol. The molecule has 3 heteroatoms. The average molecular weight is 203 g/mol. The van der Waals surface area contributed by atoms with Crippen molar-refractivity contribution in [1.82, 2.24) is 0 Å². The van der Waals surface area contributed by atoms with Crippen molar-refractivity contribution < 1.29 is 4.79 Å². The third kappa shape index (κ3) is 0.590. The van der Waals surface area contributed by atoms with Crippen LogP contribution in [0.25, 0.3) is 0 Å². The average Bonchev–Trinajstić information content (AvgIpc) is 2.59. The highest BCUT2D eigenvalue weighted by molar-refractivity contribution is 6.61. The first kappa shape index (κ1) is 7.40. The van der Waals surface area contributed by atoms with E-state index >= 15 is 0 Å². The second kappa shape index (κ2) is 1.91. The van der Waals surface area contributed by atoms with E-state index in [0.717, 1.165) is 6.42 Å². The van der Waals surface area contributed by atoms with Crippen molar-refractivity contribution in [2.75, 3.05) is 0 Å². The number of halogens is 2. The molecule has 4 unspecified atom stereocenters. The summed E-state index contributed by atoms with van der Waals surface area (Å²) in [5.74, 6) is 1.32. The fourth-order valence-electron chi connectivity index (χ4n) is 2.96. The van der Waals surface area contributed by atoms with Gasteiger partial charge in [-0.2, -0.15) is 0 Å². The van der Waals surface area contributed by atoms with Gasteiger partial charge in [-0.3, -0.25) is 4.79 Å². The van der Waals surface area contributed by atoms with Crippen LogP contribution in [0.15, 0.2) is 12.2 Å². The highest BCUT2D eigenvalue weighted by atomic mass is 35.5. The van der Waals surface area contributed by atoms with Crippen LogP contribution in [0.4, 0.5) is 0 Å². The molecule has 0 saturated heterocycles. The number of carbonyl (C=O) groups is 1. The molecule has 0 spiro atoms. The fourth-order valence-corrected chi connectivity index (χ4v) is 3.81. The van der Waals surface area contributed by atoms with Crippen molar-refractivity contribution in [2.45, 2.75) is 10.8 Å². The maximum Gasteiger partial charge on any atom is 0.180 e. The molecule has 4 atom stereocenters. The van der Waals surface area contributed by atoms with Crippen molar-refractivity contribution >= 4 is 29.0 Å². The summed E-state index contributed by atoms with van der Waals surface area (Å²) in [6, 6.07) is 0. The first-order valence-electron chi connectivity index (χ1n) is 4.23. The lowest BCUT2D eigenvalue weighted by Gasteiger charge is -2.46. The SMILES string of the molecule is O=C1C2C3C=CC(C3)C2C1(Cl)Cl. The number of carbonyl (C=O) groups excluding carboxylic acids is 1. The van der Waals surface area contributed by atoms with Gasteiger partial charge in [0.05, 0.1) is 0 Å². The van der Waals surface area contributed by atoms with E-state index in [1.54, 1.807) is 0 Å². The van der Waals surface area contributed by atoms with Gasteiger partial charge < -0.3 is 0 Å². The van der Waals surface area contributed by atoms with E-state index in [2.05, 4.69) is 12.2 Å². The Balaban J connectivity index is 2.04. The lowest BCUT2D eigenvalue weighted by atomic mass is 9.66. The van der Waals surface area contributed by atoms with Crippen LogP contribution in [0.5, 0.6) is 0 Å². The summed E-state index contributed by atoms with van der Waals surface area (Å²) in [5.41, 5.74) is 0. The van der Waals surface area contributed by atoms with Crippen molar-refractivity contribution in [3.05, 3.63) is 12.2 Å². The summed E-state index contributed by atoms with van der Waals surface area (Å²) in [6.45, 7) is 0. The van der Waals surface area contributed by atoms with E-state index < -0.39 is 4.33 Å². The summed E-state index contributed by atoms with van der Waals surface area (Å²) in [5, 5.41) is 0. The first-order valence-corrected chi connectivity index (χ1v) is 4.98. The van der Waals surface area contributed by atoms with Crippen molar-refractivity contribution in [2.24, 2.45) is 23.7 Å². The topological polar surface area (TPSA) is 17.1 Å². The highest BCUT2D eigenvalue weighted by Gasteiger charge is 2.68. The number of hydrogen-bond acceptors (Lipinski definition) is 1. The maximum atomic E-state index is 11.5. The van der Waals surface area contributed by atoms with Gasteiger partial charge in [0.2, 0.25) is 0 Å². The highest BCUT2D eigenvalue weighted by Crippen LogP contribution is 2.64. The number of fused-ring (bicyclic) bond motifs is 5. The standard InChI is InChI=1S/C9H8Cl2O/c10-9(11)7-5-2-1-4(3-5)6(7)8(9)12/h1-2,4-7H,3H2. The lowest BCUT2D eigenvalue weighted by Crippen LogP contribution is -2.57. The van der Waals surface area contributed by atoms with E-state index in [1.165, 1.54) is 0 Å². The van der Waals surface area contributed by atoms with Gasteiger partial charge >= 0.3 is 0 Å². The molecule has 2 saturated carbocycles. The van der Waals surface area contributed by atoms with E-state index in [0.29, 0.717) is 11.8 Å². The van der Waals surface area contributed by atoms with Crippen LogP contribution in [0.2, 0.25) is 0 Å². The number of hydrogen-bond donors (Lipinski definition) is 0. The molecule has 64 valence electrons. The molecule has 0 aromatic rings. The monoisotopic (exact) mass is 202 g/mol. The molecule has 3 aliphatic rings. The number of ketones is 1. The predicted octanol–water partition coefficient (Wildman–Crippen LogP) is 2.18. The van der Waals surface area contributed by atoms with Crippen LogP contribution < -0.4 is 0 Å². The zero-order valence-electron chi connectivity index (χ0n) is 6.34. The number of allylic oxidation sites excluding steroid dienone is 2. The van der Waals surface area contributed by atoms with E-state index in [9.17, 15) is 4.79 Å². The Labute approximate surface area is 80.7 Å². The molecule has 3 aliphatic carbocycles. The van der Waals surface area contributed by atoms with Crippen LogP contribution in [0.1, 0.15) is 6.42 Å². The molecule has 12 heavy (non-hydrogen) atoms. The molecule has 2 fully saturated rings. The van der Waals surface area contributed by atoms with Gasteiger partial charge in [-0.25, -0.2) is 0 Å².